The molecule has 11 heavy (non-hydrogen) atoms. The minimum absolute atomic E-state index is 0.293. The number of rotatable bonds is 7. The van der Waals surface area contributed by atoms with Crippen LogP contribution < -0.4 is 5.73 Å². The lowest BCUT2D eigenvalue weighted by Gasteiger charge is -2.05. The van der Waals surface area contributed by atoms with Gasteiger partial charge in [-0.1, -0.05) is 0 Å². The van der Waals surface area contributed by atoms with Crippen molar-refractivity contribution in [1.82, 2.24) is 0 Å². The van der Waals surface area contributed by atoms with Crippen LogP contribution in [-0.4, -0.2) is 33.0 Å². The second kappa shape index (κ2) is 7.98. The van der Waals surface area contributed by atoms with E-state index in [1.165, 1.54) is 0 Å². The van der Waals surface area contributed by atoms with E-state index in [4.69, 9.17) is 15.2 Å². The molecule has 0 saturated heterocycles. The first-order valence-electron chi connectivity index (χ1n) is 4.09. The number of ether oxygens (including phenoxy) is 2. The summed E-state index contributed by atoms with van der Waals surface area (Å²) in [6.07, 6.45) is 2.08. The van der Waals surface area contributed by atoms with Gasteiger partial charge in [-0.15, -0.1) is 0 Å². The van der Waals surface area contributed by atoms with Crippen molar-refractivity contribution in [3.05, 3.63) is 0 Å². The van der Waals surface area contributed by atoms with E-state index < -0.39 is 0 Å². The second-order valence-corrected chi connectivity index (χ2v) is 2.72. The molecule has 0 bridgehead atoms. The molecule has 1 atom stereocenters. The molecule has 68 valence electrons. The fourth-order valence-corrected chi connectivity index (χ4v) is 0.752. The highest BCUT2D eigenvalue weighted by molar-refractivity contribution is 4.51. The van der Waals surface area contributed by atoms with E-state index in [-0.39, 0.29) is 0 Å². The molecule has 0 aliphatic rings. The van der Waals surface area contributed by atoms with Crippen molar-refractivity contribution in [2.75, 3.05) is 26.9 Å². The molecule has 0 aromatic rings. The third kappa shape index (κ3) is 9.88. The Morgan fingerprint density at radius 1 is 1.27 bits per heavy atom. The van der Waals surface area contributed by atoms with Gasteiger partial charge in [0.1, 0.15) is 0 Å². The van der Waals surface area contributed by atoms with Gasteiger partial charge in [-0.25, -0.2) is 0 Å². The topological polar surface area (TPSA) is 44.5 Å². The van der Waals surface area contributed by atoms with Gasteiger partial charge in [0.2, 0.25) is 0 Å². The minimum Gasteiger partial charge on any atom is -0.382 e. The van der Waals surface area contributed by atoms with Gasteiger partial charge in [-0.3, -0.25) is 0 Å². The molecule has 0 aliphatic heterocycles. The molecule has 0 aromatic heterocycles. The number of hydrogen-bond acceptors (Lipinski definition) is 3. The highest BCUT2D eigenvalue weighted by atomic mass is 16.5. The Kier molecular flexibility index (Phi) is 7.89. The standard InChI is InChI=1S/C8H19NO2/c1-8(9)4-3-5-11-7-6-10-2/h8H,3-7,9H2,1-2H3. The predicted octanol–water partition coefficient (Wildman–Crippen LogP) is 0.777. The smallest absolute Gasteiger partial charge is 0.0700 e. The Morgan fingerprint density at radius 3 is 2.55 bits per heavy atom. The van der Waals surface area contributed by atoms with E-state index >= 15 is 0 Å². The molecule has 0 amide bonds. The van der Waals surface area contributed by atoms with Gasteiger partial charge >= 0.3 is 0 Å². The lowest BCUT2D eigenvalue weighted by Crippen LogP contribution is -2.15. The molecular formula is C8H19NO2. The lowest BCUT2D eigenvalue weighted by atomic mass is 10.2. The Hall–Kier alpha value is -0.120. The van der Waals surface area contributed by atoms with Crippen LogP contribution in [0.2, 0.25) is 0 Å². The summed E-state index contributed by atoms with van der Waals surface area (Å²) in [5, 5.41) is 0. The Labute approximate surface area is 68.9 Å². The van der Waals surface area contributed by atoms with Crippen molar-refractivity contribution < 1.29 is 9.47 Å². The van der Waals surface area contributed by atoms with Crippen molar-refractivity contribution in [3.63, 3.8) is 0 Å². The van der Waals surface area contributed by atoms with Crippen LogP contribution in [0.25, 0.3) is 0 Å². The van der Waals surface area contributed by atoms with E-state index in [9.17, 15) is 0 Å². The summed E-state index contributed by atoms with van der Waals surface area (Å²) < 4.78 is 10.1. The summed E-state index contributed by atoms with van der Waals surface area (Å²) in [5.41, 5.74) is 5.55. The zero-order chi connectivity index (χ0) is 8.53. The van der Waals surface area contributed by atoms with Crippen molar-refractivity contribution in [3.8, 4) is 0 Å². The number of nitrogens with two attached hydrogens (primary N) is 1. The van der Waals surface area contributed by atoms with Gasteiger partial charge in [-0.2, -0.15) is 0 Å². The molecule has 0 rings (SSSR count). The normalized spacial score (nSPS) is 13.4. The monoisotopic (exact) mass is 161 g/mol. The van der Waals surface area contributed by atoms with Crippen LogP contribution in [0.4, 0.5) is 0 Å². The average Bonchev–Trinajstić information content (AvgIpc) is 1.96. The van der Waals surface area contributed by atoms with Gasteiger partial charge in [0.05, 0.1) is 13.2 Å². The van der Waals surface area contributed by atoms with Gasteiger partial charge in [0, 0.05) is 19.8 Å². The fourth-order valence-electron chi connectivity index (χ4n) is 0.752. The molecule has 1 unspecified atom stereocenters. The Morgan fingerprint density at radius 2 is 2.00 bits per heavy atom. The van der Waals surface area contributed by atoms with E-state index in [1.807, 2.05) is 6.92 Å². The Balaban J connectivity index is 2.80. The maximum absolute atomic E-state index is 5.55. The summed E-state index contributed by atoms with van der Waals surface area (Å²) >= 11 is 0. The highest BCUT2D eigenvalue weighted by Crippen LogP contribution is 1.93. The molecule has 0 aliphatic carbocycles. The van der Waals surface area contributed by atoms with Crippen LogP contribution in [-0.2, 0) is 9.47 Å². The summed E-state index contributed by atoms with van der Waals surface area (Å²) in [4.78, 5) is 0. The van der Waals surface area contributed by atoms with Crippen molar-refractivity contribution in [1.29, 1.82) is 0 Å². The molecule has 3 heteroatoms. The van der Waals surface area contributed by atoms with Crippen LogP contribution in [0.5, 0.6) is 0 Å². The first-order chi connectivity index (χ1) is 5.27. The first kappa shape index (κ1) is 10.9. The van der Waals surface area contributed by atoms with Crippen molar-refractivity contribution in [2.24, 2.45) is 5.73 Å². The van der Waals surface area contributed by atoms with E-state index in [2.05, 4.69) is 0 Å². The maximum atomic E-state index is 5.55. The fraction of sp³-hybridized carbons (Fsp3) is 1.00. The highest BCUT2D eigenvalue weighted by Gasteiger charge is 1.93. The number of methoxy groups -OCH3 is 1. The van der Waals surface area contributed by atoms with Crippen LogP contribution in [0, 0.1) is 0 Å². The summed E-state index contributed by atoms with van der Waals surface area (Å²) in [6.45, 7) is 4.17. The first-order valence-corrected chi connectivity index (χ1v) is 4.09. The molecule has 0 heterocycles. The molecule has 0 radical (unpaired) electrons. The van der Waals surface area contributed by atoms with E-state index in [0.717, 1.165) is 19.4 Å². The van der Waals surface area contributed by atoms with Gasteiger partial charge in [0.15, 0.2) is 0 Å². The Bertz CT molecular complexity index is 76.5. The summed E-state index contributed by atoms with van der Waals surface area (Å²) in [5.74, 6) is 0. The van der Waals surface area contributed by atoms with Crippen LogP contribution in [0.3, 0.4) is 0 Å². The summed E-state index contributed by atoms with van der Waals surface area (Å²) in [6, 6.07) is 0.293. The van der Waals surface area contributed by atoms with E-state index in [1.54, 1.807) is 7.11 Å². The third-order valence-corrected chi connectivity index (χ3v) is 1.38. The van der Waals surface area contributed by atoms with Gasteiger partial charge < -0.3 is 15.2 Å². The zero-order valence-electron chi connectivity index (χ0n) is 7.51. The van der Waals surface area contributed by atoms with Crippen molar-refractivity contribution in [2.45, 2.75) is 25.8 Å². The van der Waals surface area contributed by atoms with Crippen LogP contribution >= 0.6 is 0 Å². The van der Waals surface area contributed by atoms with Crippen LogP contribution in [0.15, 0.2) is 0 Å². The lowest BCUT2D eigenvalue weighted by molar-refractivity contribution is 0.0683. The third-order valence-electron chi connectivity index (χ3n) is 1.38. The minimum atomic E-state index is 0.293. The molecule has 0 saturated carbocycles. The molecule has 2 N–H and O–H groups in total. The SMILES string of the molecule is COCCOCCCC(C)N. The predicted molar refractivity (Wildman–Crippen MR) is 45.6 cm³/mol. The molecule has 3 nitrogen and oxygen atoms in total. The van der Waals surface area contributed by atoms with E-state index in [0.29, 0.717) is 19.3 Å². The summed E-state index contributed by atoms with van der Waals surface area (Å²) in [7, 11) is 1.67. The number of hydrogen-bond donors (Lipinski definition) is 1. The van der Waals surface area contributed by atoms with Crippen molar-refractivity contribution >= 4 is 0 Å². The quantitative estimate of drug-likeness (QED) is 0.561. The van der Waals surface area contributed by atoms with Gasteiger partial charge in [-0.05, 0) is 19.8 Å². The average molecular weight is 161 g/mol. The molecule has 0 aromatic carbocycles. The zero-order valence-corrected chi connectivity index (χ0v) is 7.51. The molecule has 0 fully saturated rings. The van der Waals surface area contributed by atoms with Crippen LogP contribution in [0.1, 0.15) is 19.8 Å². The molecular weight excluding hydrogens is 142 g/mol. The maximum Gasteiger partial charge on any atom is 0.0700 e. The molecule has 0 spiro atoms. The second-order valence-electron chi connectivity index (χ2n) is 2.72. The van der Waals surface area contributed by atoms with Gasteiger partial charge in [0.25, 0.3) is 0 Å². The largest absolute Gasteiger partial charge is 0.382 e.